The van der Waals surface area contributed by atoms with Crippen molar-refractivity contribution in [3.63, 3.8) is 0 Å². The summed E-state index contributed by atoms with van der Waals surface area (Å²) >= 11 is 0. The zero-order chi connectivity index (χ0) is 12.5. The van der Waals surface area contributed by atoms with Crippen molar-refractivity contribution in [3.05, 3.63) is 22.2 Å². The van der Waals surface area contributed by atoms with Gasteiger partial charge in [0.2, 0.25) is 0 Å². The molecule has 4 heteroatoms. The molecule has 1 saturated carbocycles. The van der Waals surface area contributed by atoms with E-state index < -0.39 is 0 Å². The predicted molar refractivity (Wildman–Crippen MR) is 71.9 cm³/mol. The Hall–Kier alpha value is -1.32. The lowest BCUT2D eigenvalue weighted by Crippen LogP contribution is -2.43. The van der Waals surface area contributed by atoms with Crippen LogP contribution < -0.4 is 10.5 Å². The Morgan fingerprint density at radius 2 is 2.11 bits per heavy atom. The zero-order valence-electron chi connectivity index (χ0n) is 11.0. The van der Waals surface area contributed by atoms with Crippen molar-refractivity contribution in [1.29, 1.82) is 0 Å². The highest BCUT2D eigenvalue weighted by atomic mass is 16.1. The lowest BCUT2D eigenvalue weighted by molar-refractivity contribution is 0.230. The van der Waals surface area contributed by atoms with Crippen molar-refractivity contribution in [3.8, 4) is 0 Å². The standard InChI is InChI=1S/C14H21N3O/c1-2-12-15-13(7-14(18)16-12)17-8-10-4-3-5-11(6-10)9-17/h7,10-11H,2-6,8-9H2,1H3,(H,15,16,18). The second-order valence-electron chi connectivity index (χ2n) is 5.71. The van der Waals surface area contributed by atoms with Crippen molar-refractivity contribution < 1.29 is 0 Å². The van der Waals surface area contributed by atoms with E-state index in [1.54, 1.807) is 6.07 Å². The molecule has 3 rings (SSSR count). The number of hydrogen-bond donors (Lipinski definition) is 1. The van der Waals surface area contributed by atoms with Crippen molar-refractivity contribution in [2.24, 2.45) is 11.8 Å². The van der Waals surface area contributed by atoms with Crippen LogP contribution in [-0.2, 0) is 6.42 Å². The summed E-state index contributed by atoms with van der Waals surface area (Å²) in [6, 6.07) is 1.65. The Morgan fingerprint density at radius 1 is 1.39 bits per heavy atom. The highest BCUT2D eigenvalue weighted by Crippen LogP contribution is 2.35. The molecule has 2 aliphatic rings. The average molecular weight is 247 g/mol. The third kappa shape index (κ3) is 2.28. The van der Waals surface area contributed by atoms with Gasteiger partial charge in [0, 0.05) is 25.6 Å². The van der Waals surface area contributed by atoms with E-state index in [1.165, 1.54) is 25.7 Å². The van der Waals surface area contributed by atoms with E-state index in [0.717, 1.165) is 43.0 Å². The van der Waals surface area contributed by atoms with Gasteiger partial charge in [-0.05, 0) is 31.1 Å². The number of hydrogen-bond acceptors (Lipinski definition) is 3. The average Bonchev–Trinajstić information content (AvgIpc) is 2.37. The second-order valence-corrected chi connectivity index (χ2v) is 5.71. The third-order valence-corrected chi connectivity index (χ3v) is 4.28. The van der Waals surface area contributed by atoms with Crippen LogP contribution in [-0.4, -0.2) is 23.1 Å². The molecule has 0 radical (unpaired) electrons. The lowest BCUT2D eigenvalue weighted by Gasteiger charge is -2.41. The molecule has 1 saturated heterocycles. The quantitative estimate of drug-likeness (QED) is 0.869. The van der Waals surface area contributed by atoms with Crippen molar-refractivity contribution >= 4 is 5.82 Å². The second kappa shape index (κ2) is 4.75. The van der Waals surface area contributed by atoms with E-state index in [1.807, 2.05) is 6.92 Å². The molecule has 0 amide bonds. The molecule has 2 bridgehead atoms. The minimum Gasteiger partial charge on any atom is -0.356 e. The SMILES string of the molecule is CCc1nc(N2CC3CCCC(C3)C2)cc(=O)[nH]1. The summed E-state index contributed by atoms with van der Waals surface area (Å²) < 4.78 is 0. The predicted octanol–water partition coefficient (Wildman–Crippen LogP) is 1.96. The van der Waals surface area contributed by atoms with Crippen LogP contribution >= 0.6 is 0 Å². The largest absolute Gasteiger partial charge is 0.356 e. The van der Waals surface area contributed by atoms with Crippen LogP contribution in [0.4, 0.5) is 5.82 Å². The maximum Gasteiger partial charge on any atom is 0.252 e. The van der Waals surface area contributed by atoms with E-state index in [-0.39, 0.29) is 5.56 Å². The fraction of sp³-hybridized carbons (Fsp3) is 0.714. The normalized spacial score (nSPS) is 27.3. The van der Waals surface area contributed by atoms with Gasteiger partial charge in [-0.2, -0.15) is 0 Å². The van der Waals surface area contributed by atoms with E-state index in [0.29, 0.717) is 0 Å². The van der Waals surface area contributed by atoms with E-state index in [4.69, 9.17) is 0 Å². The molecule has 98 valence electrons. The molecule has 4 nitrogen and oxygen atoms in total. The van der Waals surface area contributed by atoms with Crippen LogP contribution in [0.5, 0.6) is 0 Å². The van der Waals surface area contributed by atoms with Gasteiger partial charge in [0.05, 0.1) is 0 Å². The number of rotatable bonds is 2. The Bertz CT molecular complexity index is 470. The van der Waals surface area contributed by atoms with Gasteiger partial charge in [0.1, 0.15) is 11.6 Å². The highest BCUT2D eigenvalue weighted by molar-refractivity contribution is 5.38. The van der Waals surface area contributed by atoms with Crippen LogP contribution in [0, 0.1) is 11.8 Å². The van der Waals surface area contributed by atoms with Gasteiger partial charge in [-0.15, -0.1) is 0 Å². The first-order valence-electron chi connectivity index (χ1n) is 7.09. The van der Waals surface area contributed by atoms with E-state index in [9.17, 15) is 4.79 Å². The first kappa shape index (κ1) is 11.8. The number of aromatic amines is 1. The van der Waals surface area contributed by atoms with Crippen LogP contribution in [0.15, 0.2) is 10.9 Å². The molecular weight excluding hydrogens is 226 g/mol. The first-order valence-corrected chi connectivity index (χ1v) is 7.09. The van der Waals surface area contributed by atoms with Crippen LogP contribution in [0.2, 0.25) is 0 Å². The number of nitrogens with one attached hydrogen (secondary N) is 1. The van der Waals surface area contributed by atoms with Crippen molar-refractivity contribution in [2.45, 2.75) is 39.0 Å². The monoisotopic (exact) mass is 247 g/mol. The number of aryl methyl sites for hydroxylation is 1. The van der Waals surface area contributed by atoms with Gasteiger partial charge in [0.15, 0.2) is 0 Å². The number of fused-ring (bicyclic) bond motifs is 2. The molecule has 2 heterocycles. The van der Waals surface area contributed by atoms with E-state index in [2.05, 4.69) is 14.9 Å². The maximum absolute atomic E-state index is 11.6. The molecule has 1 aromatic rings. The Morgan fingerprint density at radius 3 is 2.78 bits per heavy atom. The Kier molecular flexibility index (Phi) is 3.10. The number of H-pyrrole nitrogens is 1. The summed E-state index contributed by atoms with van der Waals surface area (Å²) in [5.74, 6) is 3.30. The van der Waals surface area contributed by atoms with Gasteiger partial charge in [0.25, 0.3) is 5.56 Å². The van der Waals surface area contributed by atoms with Gasteiger partial charge >= 0.3 is 0 Å². The minimum atomic E-state index is -0.0208. The fourth-order valence-electron chi connectivity index (χ4n) is 3.44. The summed E-state index contributed by atoms with van der Waals surface area (Å²) in [5, 5.41) is 0. The minimum absolute atomic E-state index is 0.0208. The first-order chi connectivity index (χ1) is 8.74. The number of piperidine rings is 1. The zero-order valence-corrected chi connectivity index (χ0v) is 11.0. The molecule has 2 atom stereocenters. The van der Waals surface area contributed by atoms with Crippen LogP contribution in [0.25, 0.3) is 0 Å². The Balaban J connectivity index is 1.86. The molecule has 1 aliphatic carbocycles. The van der Waals surface area contributed by atoms with Gasteiger partial charge in [-0.1, -0.05) is 13.3 Å². The van der Waals surface area contributed by atoms with E-state index >= 15 is 0 Å². The Labute approximate surface area is 107 Å². The molecule has 2 fully saturated rings. The van der Waals surface area contributed by atoms with Crippen molar-refractivity contribution in [1.82, 2.24) is 9.97 Å². The molecule has 0 spiro atoms. The summed E-state index contributed by atoms with van der Waals surface area (Å²) in [7, 11) is 0. The summed E-state index contributed by atoms with van der Waals surface area (Å²) in [6.45, 7) is 4.18. The van der Waals surface area contributed by atoms with Gasteiger partial charge in [-0.3, -0.25) is 4.79 Å². The molecule has 0 aromatic carbocycles. The van der Waals surface area contributed by atoms with Crippen LogP contribution in [0.3, 0.4) is 0 Å². The lowest BCUT2D eigenvalue weighted by atomic mass is 9.78. The molecule has 18 heavy (non-hydrogen) atoms. The number of anilines is 1. The number of nitrogens with zero attached hydrogens (tertiary/aromatic N) is 2. The molecular formula is C14H21N3O. The molecule has 2 unspecified atom stereocenters. The smallest absolute Gasteiger partial charge is 0.252 e. The summed E-state index contributed by atoms with van der Waals surface area (Å²) in [5.41, 5.74) is -0.0208. The van der Waals surface area contributed by atoms with Crippen molar-refractivity contribution in [2.75, 3.05) is 18.0 Å². The highest BCUT2D eigenvalue weighted by Gasteiger charge is 2.31. The topological polar surface area (TPSA) is 49.0 Å². The van der Waals surface area contributed by atoms with Crippen LogP contribution in [0.1, 0.15) is 38.4 Å². The molecule has 1 aromatic heterocycles. The summed E-state index contributed by atoms with van der Waals surface area (Å²) in [6.07, 6.45) is 6.23. The fourth-order valence-corrected chi connectivity index (χ4v) is 3.44. The van der Waals surface area contributed by atoms with Gasteiger partial charge in [-0.25, -0.2) is 4.98 Å². The summed E-state index contributed by atoms with van der Waals surface area (Å²) in [4.78, 5) is 21.3. The number of aromatic nitrogens is 2. The maximum atomic E-state index is 11.6. The molecule has 1 N–H and O–H groups in total. The molecule has 1 aliphatic heterocycles. The van der Waals surface area contributed by atoms with Gasteiger partial charge < -0.3 is 9.88 Å². The third-order valence-electron chi connectivity index (χ3n) is 4.28.